The van der Waals surface area contributed by atoms with E-state index in [1.54, 1.807) is 0 Å². The summed E-state index contributed by atoms with van der Waals surface area (Å²) in [6.45, 7) is 2.01. The molecule has 0 aliphatic heterocycles. The first-order valence-electron chi connectivity index (χ1n) is 7.93. The summed E-state index contributed by atoms with van der Waals surface area (Å²) in [6, 6.07) is 16.9. The van der Waals surface area contributed by atoms with Crippen molar-refractivity contribution >= 4 is 16.7 Å². The quantitative estimate of drug-likeness (QED) is 0.579. The summed E-state index contributed by atoms with van der Waals surface area (Å²) in [5, 5.41) is 4.28. The Bertz CT molecular complexity index is 1020. The van der Waals surface area contributed by atoms with E-state index in [0.29, 0.717) is 0 Å². The molecule has 0 saturated carbocycles. The van der Waals surface area contributed by atoms with Crippen LogP contribution in [0.1, 0.15) is 5.69 Å². The largest absolute Gasteiger partial charge is 0.373 e. The van der Waals surface area contributed by atoms with E-state index < -0.39 is 0 Å². The van der Waals surface area contributed by atoms with Gasteiger partial charge in [0, 0.05) is 47.3 Å². The Morgan fingerprint density at radius 2 is 1.62 bits per heavy atom. The highest BCUT2D eigenvalue weighted by Gasteiger charge is 2.06. The summed E-state index contributed by atoms with van der Waals surface area (Å²) < 4.78 is 0. The number of nitrogens with one attached hydrogen (secondary N) is 2. The van der Waals surface area contributed by atoms with E-state index in [4.69, 9.17) is 0 Å². The fourth-order valence-corrected chi connectivity index (χ4v) is 2.93. The van der Waals surface area contributed by atoms with Crippen LogP contribution in [0.5, 0.6) is 0 Å². The topological polar surface area (TPSA) is 53.6 Å². The Morgan fingerprint density at radius 3 is 2.46 bits per heavy atom. The van der Waals surface area contributed by atoms with Crippen molar-refractivity contribution in [1.82, 2.24) is 15.0 Å². The molecule has 0 amide bonds. The van der Waals surface area contributed by atoms with Crippen LogP contribution in [0.15, 0.2) is 60.9 Å². The Kier molecular flexibility index (Phi) is 3.50. The number of aryl methyl sites for hydroxylation is 1. The number of hydrogen-bond acceptors (Lipinski definition) is 3. The molecule has 4 heteroatoms. The molecule has 0 radical (unpaired) electrons. The number of aromatic nitrogens is 3. The monoisotopic (exact) mass is 314 g/mol. The number of hydrogen-bond donors (Lipinski definition) is 2. The van der Waals surface area contributed by atoms with Gasteiger partial charge < -0.3 is 10.3 Å². The van der Waals surface area contributed by atoms with Gasteiger partial charge in [0.15, 0.2) is 0 Å². The number of benzene rings is 1. The summed E-state index contributed by atoms with van der Waals surface area (Å²) >= 11 is 0. The number of aromatic amines is 1. The maximum absolute atomic E-state index is 4.27. The first-order valence-corrected chi connectivity index (χ1v) is 7.93. The summed E-state index contributed by atoms with van der Waals surface area (Å²) in [7, 11) is 1.88. The van der Waals surface area contributed by atoms with Crippen molar-refractivity contribution in [3.8, 4) is 22.4 Å². The van der Waals surface area contributed by atoms with Gasteiger partial charge in [-0.1, -0.05) is 6.07 Å². The molecule has 24 heavy (non-hydrogen) atoms. The molecule has 0 aliphatic carbocycles. The van der Waals surface area contributed by atoms with Crippen molar-refractivity contribution in [3.05, 3.63) is 66.6 Å². The lowest BCUT2D eigenvalue weighted by Gasteiger charge is -2.04. The lowest BCUT2D eigenvalue weighted by molar-refractivity contribution is 1.20. The number of H-pyrrole nitrogens is 1. The van der Waals surface area contributed by atoms with Crippen LogP contribution in [0.25, 0.3) is 33.3 Å². The lowest BCUT2D eigenvalue weighted by atomic mass is 10.0. The molecular weight excluding hydrogens is 296 g/mol. The molecular formula is C20H18N4. The second-order valence-electron chi connectivity index (χ2n) is 5.85. The molecule has 118 valence electrons. The minimum absolute atomic E-state index is 0.870. The summed E-state index contributed by atoms with van der Waals surface area (Å²) in [6.07, 6.45) is 3.67. The van der Waals surface area contributed by atoms with E-state index >= 15 is 0 Å². The average Bonchev–Trinajstić information content (AvgIpc) is 3.05. The van der Waals surface area contributed by atoms with Crippen LogP contribution in [0.3, 0.4) is 0 Å². The van der Waals surface area contributed by atoms with E-state index in [0.717, 1.165) is 33.8 Å². The SMILES string of the molecule is CNc1cc(-c2ccc3[nH]c(-c4ccnc(C)c4)cc3c2)ccn1. The van der Waals surface area contributed by atoms with Crippen LogP contribution in [0, 0.1) is 6.92 Å². The van der Waals surface area contributed by atoms with Crippen molar-refractivity contribution in [3.63, 3.8) is 0 Å². The Labute approximate surface area is 140 Å². The zero-order valence-electron chi connectivity index (χ0n) is 13.7. The van der Waals surface area contributed by atoms with Gasteiger partial charge in [0.05, 0.1) is 0 Å². The highest BCUT2D eigenvalue weighted by atomic mass is 14.9. The number of anilines is 1. The molecule has 0 aliphatic rings. The standard InChI is InChI=1S/C20H18N4/c1-13-9-16(6-7-22-13)19-11-17-10-14(3-4-18(17)24-19)15-5-8-23-20(12-15)21-2/h3-12,24H,1-2H3,(H,21,23). The Hall–Kier alpha value is -3.14. The normalized spacial score (nSPS) is 10.9. The predicted octanol–water partition coefficient (Wildman–Crippen LogP) is 4.64. The molecule has 2 N–H and O–H groups in total. The molecule has 0 bridgehead atoms. The van der Waals surface area contributed by atoms with Crippen molar-refractivity contribution in [2.45, 2.75) is 6.92 Å². The van der Waals surface area contributed by atoms with Gasteiger partial charge in [-0.25, -0.2) is 4.98 Å². The first kappa shape index (κ1) is 14.5. The summed E-state index contributed by atoms with van der Waals surface area (Å²) in [4.78, 5) is 12.0. The molecule has 0 saturated heterocycles. The smallest absolute Gasteiger partial charge is 0.126 e. The minimum atomic E-state index is 0.870. The molecule has 4 nitrogen and oxygen atoms in total. The van der Waals surface area contributed by atoms with Crippen LogP contribution < -0.4 is 5.32 Å². The van der Waals surface area contributed by atoms with Crippen molar-refractivity contribution in [1.29, 1.82) is 0 Å². The predicted molar refractivity (Wildman–Crippen MR) is 99.0 cm³/mol. The van der Waals surface area contributed by atoms with E-state index in [2.05, 4.69) is 56.7 Å². The van der Waals surface area contributed by atoms with Crippen LogP contribution in [-0.2, 0) is 0 Å². The third kappa shape index (κ3) is 2.63. The van der Waals surface area contributed by atoms with Crippen molar-refractivity contribution in [2.24, 2.45) is 0 Å². The second kappa shape index (κ2) is 5.81. The summed E-state index contributed by atoms with van der Waals surface area (Å²) in [5.74, 6) is 0.870. The van der Waals surface area contributed by atoms with Gasteiger partial charge >= 0.3 is 0 Å². The zero-order valence-corrected chi connectivity index (χ0v) is 13.7. The minimum Gasteiger partial charge on any atom is -0.373 e. The van der Waals surface area contributed by atoms with E-state index in [9.17, 15) is 0 Å². The van der Waals surface area contributed by atoms with Crippen LogP contribution in [0.4, 0.5) is 5.82 Å². The number of rotatable bonds is 3. The van der Waals surface area contributed by atoms with Crippen molar-refractivity contribution in [2.75, 3.05) is 12.4 Å². The number of fused-ring (bicyclic) bond motifs is 1. The third-order valence-electron chi connectivity index (χ3n) is 4.18. The first-order chi connectivity index (χ1) is 11.7. The maximum Gasteiger partial charge on any atom is 0.126 e. The van der Waals surface area contributed by atoms with Gasteiger partial charge in [0.1, 0.15) is 5.82 Å². The lowest BCUT2D eigenvalue weighted by Crippen LogP contribution is -1.91. The molecule has 0 spiro atoms. The average molecular weight is 314 g/mol. The molecule has 0 unspecified atom stereocenters. The van der Waals surface area contributed by atoms with Gasteiger partial charge in [-0.3, -0.25) is 4.98 Å². The fourth-order valence-electron chi connectivity index (χ4n) is 2.93. The van der Waals surface area contributed by atoms with Crippen LogP contribution in [0.2, 0.25) is 0 Å². The molecule has 4 aromatic rings. The molecule has 0 fully saturated rings. The highest BCUT2D eigenvalue weighted by molar-refractivity contribution is 5.89. The molecule has 4 rings (SSSR count). The second-order valence-corrected chi connectivity index (χ2v) is 5.85. The van der Waals surface area contributed by atoms with Crippen LogP contribution >= 0.6 is 0 Å². The Morgan fingerprint density at radius 1 is 0.833 bits per heavy atom. The van der Waals surface area contributed by atoms with Gasteiger partial charge in [-0.2, -0.15) is 0 Å². The van der Waals surface area contributed by atoms with Gasteiger partial charge in [0.2, 0.25) is 0 Å². The molecule has 3 aromatic heterocycles. The number of pyridine rings is 2. The maximum atomic E-state index is 4.27. The fraction of sp³-hybridized carbons (Fsp3) is 0.100. The Balaban J connectivity index is 1.78. The van der Waals surface area contributed by atoms with Gasteiger partial charge in [-0.15, -0.1) is 0 Å². The van der Waals surface area contributed by atoms with Crippen molar-refractivity contribution < 1.29 is 0 Å². The van der Waals surface area contributed by atoms with Gasteiger partial charge in [0.25, 0.3) is 0 Å². The van der Waals surface area contributed by atoms with Gasteiger partial charge in [-0.05, 0) is 60.5 Å². The summed E-state index contributed by atoms with van der Waals surface area (Å²) in [5.41, 5.74) is 6.74. The van der Waals surface area contributed by atoms with Crippen LogP contribution in [-0.4, -0.2) is 22.0 Å². The third-order valence-corrected chi connectivity index (χ3v) is 4.18. The zero-order chi connectivity index (χ0) is 16.5. The van der Waals surface area contributed by atoms with E-state index in [1.807, 2.05) is 38.5 Å². The number of nitrogens with zero attached hydrogens (tertiary/aromatic N) is 2. The molecule has 3 heterocycles. The molecule has 0 atom stereocenters. The van der Waals surface area contributed by atoms with E-state index in [-0.39, 0.29) is 0 Å². The molecule has 1 aromatic carbocycles. The highest BCUT2D eigenvalue weighted by Crippen LogP contribution is 2.29. The van der Waals surface area contributed by atoms with E-state index in [1.165, 1.54) is 10.9 Å².